The van der Waals surface area contributed by atoms with Gasteiger partial charge in [-0.15, -0.1) is 0 Å². The van der Waals surface area contributed by atoms with Gasteiger partial charge in [0.15, 0.2) is 11.4 Å². The maximum atomic E-state index is 10.4. The van der Waals surface area contributed by atoms with E-state index >= 15 is 0 Å². The maximum absolute atomic E-state index is 10.4. The number of fused-ring (bicyclic) bond motifs is 1. The predicted molar refractivity (Wildman–Crippen MR) is 59.5 cm³/mol. The monoisotopic (exact) mass is 260 g/mol. The molecule has 0 bridgehead atoms. The Hall–Kier alpha value is -0.240. The number of aliphatic hydroxyl groups excluding tert-OH is 1. The van der Waals surface area contributed by atoms with E-state index in [0.29, 0.717) is 0 Å². The van der Waals surface area contributed by atoms with Crippen molar-refractivity contribution in [1.29, 1.82) is 0 Å². The van der Waals surface area contributed by atoms with Gasteiger partial charge in [-0.05, 0) is 13.8 Å². The Morgan fingerprint density at radius 2 is 1.67 bits per heavy atom. The summed E-state index contributed by atoms with van der Waals surface area (Å²) in [6.45, 7) is 7.11. The van der Waals surface area contributed by atoms with Crippen molar-refractivity contribution in [2.24, 2.45) is 5.41 Å². The Bertz CT molecular complexity index is 394. The highest BCUT2D eigenvalue weighted by Crippen LogP contribution is 2.71. The summed E-state index contributed by atoms with van der Waals surface area (Å²) in [4.78, 5) is 0. The van der Waals surface area contributed by atoms with Crippen LogP contribution in [0.25, 0.3) is 0 Å². The average Bonchev–Trinajstić information content (AvgIpc) is 2.61. The fourth-order valence-corrected chi connectivity index (χ4v) is 3.29. The summed E-state index contributed by atoms with van der Waals surface area (Å²) < 4.78 is 16.5. The van der Waals surface area contributed by atoms with Crippen LogP contribution in [0, 0.1) is 5.41 Å². The summed E-state index contributed by atoms with van der Waals surface area (Å²) in [5, 5.41) is 30.8. The third kappa shape index (κ3) is 1.14. The van der Waals surface area contributed by atoms with Gasteiger partial charge in [0, 0.05) is 0 Å². The highest BCUT2D eigenvalue weighted by molar-refractivity contribution is 5.35. The largest absolute Gasteiger partial charge is 0.387 e. The van der Waals surface area contributed by atoms with Crippen molar-refractivity contribution in [3.8, 4) is 0 Å². The summed E-state index contributed by atoms with van der Waals surface area (Å²) in [6.07, 6.45) is -2.47. The Morgan fingerprint density at radius 3 is 2.06 bits per heavy atom. The van der Waals surface area contributed by atoms with Crippen LogP contribution in [0.15, 0.2) is 0 Å². The molecule has 3 fully saturated rings. The molecule has 2 aliphatic heterocycles. The summed E-state index contributed by atoms with van der Waals surface area (Å²) >= 11 is 0. The second kappa shape index (κ2) is 3.08. The van der Waals surface area contributed by atoms with Crippen LogP contribution < -0.4 is 0 Å². The van der Waals surface area contributed by atoms with Gasteiger partial charge in [0.25, 0.3) is 0 Å². The molecule has 1 aliphatic carbocycles. The van der Waals surface area contributed by atoms with Crippen LogP contribution in [0.1, 0.15) is 27.7 Å². The van der Waals surface area contributed by atoms with Crippen LogP contribution in [-0.4, -0.2) is 57.4 Å². The molecule has 0 aromatic carbocycles. The molecule has 3 N–H and O–H groups in total. The number of hydrogen-bond acceptors (Lipinski definition) is 6. The molecule has 5 atom stereocenters. The van der Waals surface area contributed by atoms with Crippen molar-refractivity contribution in [2.75, 3.05) is 6.61 Å². The molecule has 2 saturated heterocycles. The lowest BCUT2D eigenvalue weighted by atomic mass is 9.95. The zero-order valence-electron chi connectivity index (χ0n) is 11.0. The van der Waals surface area contributed by atoms with Crippen LogP contribution in [0.3, 0.4) is 0 Å². The molecule has 0 aromatic heterocycles. The maximum Gasteiger partial charge on any atom is 0.207 e. The van der Waals surface area contributed by atoms with Gasteiger partial charge < -0.3 is 29.5 Å². The molecule has 104 valence electrons. The summed E-state index contributed by atoms with van der Waals surface area (Å²) in [5.74, 6) is -2.44. The van der Waals surface area contributed by atoms with Crippen molar-refractivity contribution in [3.63, 3.8) is 0 Å². The van der Waals surface area contributed by atoms with Crippen molar-refractivity contribution in [3.05, 3.63) is 0 Å². The zero-order valence-corrected chi connectivity index (χ0v) is 11.0. The van der Waals surface area contributed by atoms with E-state index in [-0.39, 0.29) is 6.61 Å². The standard InChI is InChI=1S/C12H20O6/c1-9(2)11(14)8(13)7(18-12(9,11)15)6-5-16-10(3,4)17-6/h6-8,13-15H,5H2,1-4H3/t6-,7-,8+,11+,12+/m1/s1. The number of ether oxygens (including phenoxy) is 3. The Balaban J connectivity index is 1.81. The molecular weight excluding hydrogens is 240 g/mol. The Morgan fingerprint density at radius 1 is 1.06 bits per heavy atom. The third-order valence-electron chi connectivity index (χ3n) is 4.70. The number of hydrogen-bond donors (Lipinski definition) is 3. The molecular formula is C12H20O6. The SMILES string of the molecule is CC1(C)OC[C@H]([C@H]2O[C@@]3(O)C(C)(C)[C@@]3(O)[C@H]2O)O1. The van der Waals surface area contributed by atoms with E-state index < -0.39 is 40.9 Å². The smallest absolute Gasteiger partial charge is 0.207 e. The lowest BCUT2D eigenvalue weighted by Crippen LogP contribution is -2.46. The zero-order chi connectivity index (χ0) is 13.6. The van der Waals surface area contributed by atoms with Crippen LogP contribution in [0.5, 0.6) is 0 Å². The van der Waals surface area contributed by atoms with E-state index in [1.165, 1.54) is 0 Å². The molecule has 2 heterocycles. The van der Waals surface area contributed by atoms with E-state index in [9.17, 15) is 15.3 Å². The number of rotatable bonds is 1. The molecule has 18 heavy (non-hydrogen) atoms. The molecule has 3 aliphatic rings. The molecule has 1 saturated carbocycles. The second-order valence-corrected chi connectivity index (χ2v) is 6.43. The molecule has 0 unspecified atom stereocenters. The fourth-order valence-electron chi connectivity index (χ4n) is 3.29. The van der Waals surface area contributed by atoms with E-state index in [2.05, 4.69) is 0 Å². The second-order valence-electron chi connectivity index (χ2n) is 6.43. The molecule has 0 aromatic rings. The summed E-state index contributed by atoms with van der Waals surface area (Å²) in [6, 6.07) is 0. The van der Waals surface area contributed by atoms with Gasteiger partial charge in [0.2, 0.25) is 5.79 Å². The van der Waals surface area contributed by atoms with Gasteiger partial charge in [0.05, 0.1) is 12.0 Å². The lowest BCUT2D eigenvalue weighted by molar-refractivity contribution is -0.211. The molecule has 6 nitrogen and oxygen atoms in total. The molecule has 6 heteroatoms. The van der Waals surface area contributed by atoms with E-state index in [0.717, 1.165) is 0 Å². The number of aliphatic hydroxyl groups is 3. The van der Waals surface area contributed by atoms with Crippen molar-refractivity contribution < 1.29 is 29.5 Å². The molecule has 0 amide bonds. The Labute approximate surface area is 105 Å². The van der Waals surface area contributed by atoms with Crippen LogP contribution in [-0.2, 0) is 14.2 Å². The summed E-state index contributed by atoms with van der Waals surface area (Å²) in [5.41, 5.74) is -2.52. The van der Waals surface area contributed by atoms with Crippen molar-refractivity contribution in [2.45, 2.75) is 63.2 Å². The average molecular weight is 260 g/mol. The quantitative estimate of drug-likeness (QED) is 0.581. The first-order valence-corrected chi connectivity index (χ1v) is 6.19. The third-order valence-corrected chi connectivity index (χ3v) is 4.70. The first kappa shape index (κ1) is 12.8. The first-order chi connectivity index (χ1) is 8.07. The summed E-state index contributed by atoms with van der Waals surface area (Å²) in [7, 11) is 0. The van der Waals surface area contributed by atoms with Gasteiger partial charge in [-0.25, -0.2) is 0 Å². The van der Waals surface area contributed by atoms with E-state index in [1.54, 1.807) is 27.7 Å². The molecule has 3 rings (SSSR count). The van der Waals surface area contributed by atoms with E-state index in [1.807, 2.05) is 0 Å². The Kier molecular flexibility index (Phi) is 2.19. The minimum atomic E-state index is -1.71. The normalized spacial score (nSPS) is 56.5. The van der Waals surface area contributed by atoms with Gasteiger partial charge >= 0.3 is 0 Å². The minimum Gasteiger partial charge on any atom is -0.387 e. The van der Waals surface area contributed by atoms with Crippen molar-refractivity contribution in [1.82, 2.24) is 0 Å². The van der Waals surface area contributed by atoms with Crippen LogP contribution in [0.4, 0.5) is 0 Å². The highest BCUT2D eigenvalue weighted by atomic mass is 16.8. The lowest BCUT2D eigenvalue weighted by Gasteiger charge is -2.28. The minimum absolute atomic E-state index is 0.265. The first-order valence-electron chi connectivity index (χ1n) is 6.19. The van der Waals surface area contributed by atoms with Crippen LogP contribution in [0.2, 0.25) is 0 Å². The van der Waals surface area contributed by atoms with Gasteiger partial charge in [-0.3, -0.25) is 0 Å². The fraction of sp³-hybridized carbons (Fsp3) is 1.00. The predicted octanol–water partition coefficient (Wildman–Crippen LogP) is -0.643. The molecule has 0 spiro atoms. The van der Waals surface area contributed by atoms with E-state index in [4.69, 9.17) is 14.2 Å². The van der Waals surface area contributed by atoms with Gasteiger partial charge in [0.1, 0.15) is 18.3 Å². The van der Waals surface area contributed by atoms with Crippen LogP contribution >= 0.6 is 0 Å². The van der Waals surface area contributed by atoms with Crippen molar-refractivity contribution >= 4 is 0 Å². The highest BCUT2D eigenvalue weighted by Gasteiger charge is 2.92. The molecule has 0 radical (unpaired) electrons. The topological polar surface area (TPSA) is 88.4 Å². The van der Waals surface area contributed by atoms with Gasteiger partial charge in [-0.2, -0.15) is 0 Å². The van der Waals surface area contributed by atoms with Gasteiger partial charge in [-0.1, -0.05) is 13.8 Å².